The van der Waals surface area contributed by atoms with Gasteiger partial charge in [0.15, 0.2) is 0 Å². The Bertz CT molecular complexity index is 938. The van der Waals surface area contributed by atoms with Crippen molar-refractivity contribution in [3.63, 3.8) is 0 Å². The summed E-state index contributed by atoms with van der Waals surface area (Å²) in [7, 11) is 0. The zero-order valence-corrected chi connectivity index (χ0v) is 17.0. The number of alkyl halides is 1. The Morgan fingerprint density at radius 2 is 1.90 bits per heavy atom. The van der Waals surface area contributed by atoms with E-state index in [4.69, 9.17) is 14.2 Å². The topological polar surface area (TPSA) is 77.2 Å². The average Bonchev–Trinajstić information content (AvgIpc) is 3.07. The number of hydrogen-bond acceptors (Lipinski definition) is 6. The van der Waals surface area contributed by atoms with Crippen molar-refractivity contribution in [3.8, 4) is 5.88 Å². The Kier molecular flexibility index (Phi) is 5.62. The van der Waals surface area contributed by atoms with Crippen LogP contribution in [0.4, 0.5) is 10.1 Å². The van der Waals surface area contributed by atoms with Crippen LogP contribution in [-0.2, 0) is 14.2 Å². The number of anilines is 1. The number of halogens is 1. The maximum Gasteiger partial charge on any atom is 0.201 e. The third-order valence-corrected chi connectivity index (χ3v) is 6.24. The quantitative estimate of drug-likeness (QED) is 0.800. The molecule has 2 aromatic rings. The molecule has 0 saturated carbocycles. The zero-order valence-electron chi connectivity index (χ0n) is 17.0. The van der Waals surface area contributed by atoms with Crippen LogP contribution in [0.1, 0.15) is 30.9 Å². The molecule has 1 aromatic carbocycles. The molecule has 162 valence electrons. The number of aromatic nitrogens is 1. The number of benzene rings is 1. The lowest BCUT2D eigenvalue weighted by Gasteiger charge is -2.28. The summed E-state index contributed by atoms with van der Waals surface area (Å²) in [6.45, 7) is 3.61. The maximum absolute atomic E-state index is 14.2. The van der Waals surface area contributed by atoms with Crippen LogP contribution in [0.15, 0.2) is 23.2 Å². The smallest absolute Gasteiger partial charge is 0.201 e. The maximum atomic E-state index is 14.2. The van der Waals surface area contributed by atoms with E-state index >= 15 is 0 Å². The van der Waals surface area contributed by atoms with Crippen molar-refractivity contribution in [2.45, 2.75) is 37.5 Å². The van der Waals surface area contributed by atoms with E-state index in [1.807, 2.05) is 22.8 Å². The van der Waals surface area contributed by atoms with Crippen LogP contribution < -0.4 is 5.32 Å². The molecule has 8 heteroatoms. The van der Waals surface area contributed by atoms with Gasteiger partial charge in [-0.2, -0.15) is 0 Å². The third-order valence-electron chi connectivity index (χ3n) is 6.24. The van der Waals surface area contributed by atoms with E-state index in [0.717, 1.165) is 40.7 Å². The van der Waals surface area contributed by atoms with E-state index in [1.165, 1.54) is 0 Å². The molecule has 2 saturated heterocycles. The summed E-state index contributed by atoms with van der Waals surface area (Å²) in [5.41, 5.74) is 3.28. The highest BCUT2D eigenvalue weighted by atomic mass is 19.1. The van der Waals surface area contributed by atoms with Crippen molar-refractivity contribution < 1.29 is 23.7 Å². The van der Waals surface area contributed by atoms with Gasteiger partial charge in [-0.15, -0.1) is 0 Å². The predicted octanol–water partition coefficient (Wildman–Crippen LogP) is 3.06. The second-order valence-corrected chi connectivity index (χ2v) is 8.16. The van der Waals surface area contributed by atoms with E-state index in [1.54, 1.807) is 0 Å². The largest absolute Gasteiger partial charge is 0.494 e. The van der Waals surface area contributed by atoms with Gasteiger partial charge in [0.05, 0.1) is 49.2 Å². The van der Waals surface area contributed by atoms with Crippen LogP contribution in [0.25, 0.3) is 10.9 Å². The summed E-state index contributed by atoms with van der Waals surface area (Å²) < 4.78 is 32.6. The van der Waals surface area contributed by atoms with Crippen LogP contribution in [0.3, 0.4) is 0 Å². The van der Waals surface area contributed by atoms with Gasteiger partial charge in [-0.1, -0.05) is 0 Å². The number of nitrogens with one attached hydrogen (secondary N) is 1. The van der Waals surface area contributed by atoms with Gasteiger partial charge in [0, 0.05) is 36.9 Å². The number of ether oxygens (including phenoxy) is 3. The molecule has 3 aliphatic rings. The lowest BCUT2D eigenvalue weighted by molar-refractivity contribution is 0.0286. The van der Waals surface area contributed by atoms with Crippen molar-refractivity contribution in [3.05, 3.63) is 23.8 Å². The van der Waals surface area contributed by atoms with Crippen molar-refractivity contribution in [2.75, 3.05) is 51.5 Å². The van der Waals surface area contributed by atoms with E-state index in [2.05, 4.69) is 10.3 Å². The summed E-state index contributed by atoms with van der Waals surface area (Å²) in [5.74, 6) is 0.229. The molecular weight excluding hydrogens is 389 g/mol. The normalized spacial score (nSPS) is 26.0. The van der Waals surface area contributed by atoms with Crippen LogP contribution in [0, 0.1) is 0 Å². The fourth-order valence-electron chi connectivity index (χ4n) is 4.68. The van der Waals surface area contributed by atoms with Crippen molar-refractivity contribution >= 4 is 22.3 Å². The van der Waals surface area contributed by atoms with E-state index in [0.29, 0.717) is 46.0 Å². The van der Waals surface area contributed by atoms with E-state index in [9.17, 15) is 9.50 Å². The standard InChI is InChI=1S/C22H28FN3O4/c23-17-12-29-9-5-18(17)25-14-1-2-20-16(11-14)21(19-13-30-10-6-24-19)22(27)26(20)15-3-7-28-8-4-15/h1-2,11,15,17-18,25,27H,3-10,12-13H2. The first-order chi connectivity index (χ1) is 14.7. The number of aromatic hydroxyl groups is 1. The highest BCUT2D eigenvalue weighted by molar-refractivity contribution is 6.14. The molecule has 5 rings (SSSR count). The molecule has 2 fully saturated rings. The average molecular weight is 417 g/mol. The van der Waals surface area contributed by atoms with Gasteiger partial charge < -0.3 is 29.2 Å². The van der Waals surface area contributed by atoms with Crippen LogP contribution in [-0.4, -0.2) is 73.8 Å². The molecule has 2 N–H and O–H groups in total. The van der Waals surface area contributed by atoms with Crippen molar-refractivity contribution in [2.24, 2.45) is 4.99 Å². The molecule has 0 amide bonds. The molecule has 1 aromatic heterocycles. The molecule has 0 radical (unpaired) electrons. The number of aliphatic imine (C=N–C) groups is 1. The van der Waals surface area contributed by atoms with Gasteiger partial charge >= 0.3 is 0 Å². The molecule has 2 unspecified atom stereocenters. The molecular formula is C22H28FN3O4. The van der Waals surface area contributed by atoms with Gasteiger partial charge in [-0.3, -0.25) is 4.99 Å². The highest BCUT2D eigenvalue weighted by Gasteiger charge is 2.29. The molecule has 30 heavy (non-hydrogen) atoms. The minimum absolute atomic E-state index is 0.125. The molecule has 0 spiro atoms. The summed E-state index contributed by atoms with van der Waals surface area (Å²) >= 11 is 0. The van der Waals surface area contributed by atoms with Gasteiger partial charge in [0.1, 0.15) is 6.17 Å². The van der Waals surface area contributed by atoms with Crippen LogP contribution in [0.5, 0.6) is 5.88 Å². The first-order valence-electron chi connectivity index (χ1n) is 10.8. The fourth-order valence-corrected chi connectivity index (χ4v) is 4.68. The summed E-state index contributed by atoms with van der Waals surface area (Å²) in [4.78, 5) is 4.62. The molecule has 0 aliphatic carbocycles. The van der Waals surface area contributed by atoms with E-state index < -0.39 is 6.17 Å². The second-order valence-electron chi connectivity index (χ2n) is 8.16. The monoisotopic (exact) mass is 417 g/mol. The van der Waals surface area contributed by atoms with Gasteiger partial charge in [-0.05, 0) is 37.5 Å². The SMILES string of the molecule is Oc1c(C2=NCCOC2)c2cc(NC3CCOCC3F)ccc2n1C1CCOCC1. The second kappa shape index (κ2) is 8.53. The number of hydrogen-bond donors (Lipinski definition) is 2. The minimum atomic E-state index is -1.04. The van der Waals surface area contributed by atoms with Gasteiger partial charge in [-0.25, -0.2) is 4.39 Å². The molecule has 7 nitrogen and oxygen atoms in total. The first kappa shape index (κ1) is 19.8. The molecule has 3 aliphatic heterocycles. The zero-order chi connectivity index (χ0) is 20.5. The first-order valence-corrected chi connectivity index (χ1v) is 10.8. The summed E-state index contributed by atoms with van der Waals surface area (Å²) in [5, 5.41) is 15.5. The Hall–Kier alpha value is -2.16. The van der Waals surface area contributed by atoms with Crippen LogP contribution >= 0.6 is 0 Å². The lowest BCUT2D eigenvalue weighted by atomic mass is 10.0. The van der Waals surface area contributed by atoms with E-state index in [-0.39, 0.29) is 24.6 Å². The van der Waals surface area contributed by atoms with Crippen molar-refractivity contribution in [1.29, 1.82) is 0 Å². The highest BCUT2D eigenvalue weighted by Crippen LogP contribution is 2.39. The molecule has 2 atom stereocenters. The molecule has 0 bridgehead atoms. The number of fused-ring (bicyclic) bond motifs is 1. The number of nitrogens with zero attached hydrogens (tertiary/aromatic N) is 2. The van der Waals surface area contributed by atoms with Gasteiger partial charge in [0.25, 0.3) is 0 Å². The minimum Gasteiger partial charge on any atom is -0.494 e. The lowest BCUT2D eigenvalue weighted by Crippen LogP contribution is -2.39. The molecule has 4 heterocycles. The Morgan fingerprint density at radius 1 is 1.07 bits per heavy atom. The Morgan fingerprint density at radius 3 is 2.67 bits per heavy atom. The summed E-state index contributed by atoms with van der Waals surface area (Å²) in [6, 6.07) is 5.86. The number of rotatable bonds is 4. The fraction of sp³-hybridized carbons (Fsp3) is 0.591. The van der Waals surface area contributed by atoms with Crippen molar-refractivity contribution in [1.82, 2.24) is 4.57 Å². The Labute approximate surface area is 174 Å². The van der Waals surface area contributed by atoms with Crippen LogP contribution in [0.2, 0.25) is 0 Å². The Balaban J connectivity index is 1.57. The predicted molar refractivity (Wildman–Crippen MR) is 113 cm³/mol. The van der Waals surface area contributed by atoms with Gasteiger partial charge in [0.2, 0.25) is 5.88 Å². The summed E-state index contributed by atoms with van der Waals surface area (Å²) in [6.07, 6.45) is 1.29. The third kappa shape index (κ3) is 3.68.